The Morgan fingerprint density at radius 2 is 1.71 bits per heavy atom. The number of thioether (sulfide) groups is 1. The first-order chi connectivity index (χ1) is 16.8. The topological polar surface area (TPSA) is 105 Å². The molecule has 0 bridgehead atoms. The van der Waals surface area contributed by atoms with Crippen LogP contribution in [0.4, 0.5) is 11.4 Å². The second-order valence-corrected chi connectivity index (χ2v) is 10.6. The summed E-state index contributed by atoms with van der Waals surface area (Å²) in [5.41, 5.74) is 0.999. The molecule has 8 nitrogen and oxygen atoms in total. The van der Waals surface area contributed by atoms with Gasteiger partial charge < -0.3 is 10.1 Å². The number of halogens is 1. The van der Waals surface area contributed by atoms with Crippen LogP contribution in [0.5, 0.6) is 5.75 Å². The van der Waals surface area contributed by atoms with Crippen LogP contribution < -0.4 is 15.0 Å². The predicted molar refractivity (Wildman–Crippen MR) is 138 cm³/mol. The van der Waals surface area contributed by atoms with Gasteiger partial charge in [-0.1, -0.05) is 41.6 Å². The molecule has 180 valence electrons. The van der Waals surface area contributed by atoms with Gasteiger partial charge in [0.15, 0.2) is 5.17 Å². The van der Waals surface area contributed by atoms with Gasteiger partial charge in [-0.25, -0.2) is 0 Å². The molecule has 0 aliphatic carbocycles. The number of nitrogens with one attached hydrogen (secondary N) is 1. The van der Waals surface area contributed by atoms with Crippen LogP contribution in [0.15, 0.2) is 88.2 Å². The van der Waals surface area contributed by atoms with Crippen molar-refractivity contribution in [3.63, 3.8) is 0 Å². The molecule has 1 heterocycles. The van der Waals surface area contributed by atoms with E-state index in [0.717, 1.165) is 11.8 Å². The van der Waals surface area contributed by atoms with Gasteiger partial charge in [0.1, 0.15) is 11.0 Å². The van der Waals surface area contributed by atoms with Crippen molar-refractivity contribution in [2.24, 2.45) is 4.40 Å². The molecule has 1 atom stereocenters. The van der Waals surface area contributed by atoms with Gasteiger partial charge in [-0.15, -0.1) is 4.40 Å². The van der Waals surface area contributed by atoms with Gasteiger partial charge in [-0.2, -0.15) is 8.42 Å². The molecule has 0 aromatic heterocycles. The molecule has 0 radical (unpaired) electrons. The lowest BCUT2D eigenvalue weighted by atomic mass is 10.2. The smallest absolute Gasteiger partial charge is 0.284 e. The third-order valence-corrected chi connectivity index (χ3v) is 7.79. The van der Waals surface area contributed by atoms with Crippen molar-refractivity contribution in [1.29, 1.82) is 0 Å². The SMILES string of the molecule is COc1ccc(NC(=O)C[C@@H]2SC(=NS(=O)(=O)c3ccc(Cl)cc3)N(c3ccccc3)C2=O)cc1. The van der Waals surface area contributed by atoms with E-state index >= 15 is 0 Å². The van der Waals surface area contributed by atoms with E-state index in [1.165, 1.54) is 29.2 Å². The fraction of sp³-hybridized carbons (Fsp3) is 0.125. The number of rotatable bonds is 7. The molecule has 1 aliphatic rings. The average molecular weight is 530 g/mol. The fourth-order valence-electron chi connectivity index (χ4n) is 3.29. The maximum atomic E-state index is 13.3. The monoisotopic (exact) mass is 529 g/mol. The Morgan fingerprint density at radius 1 is 1.06 bits per heavy atom. The van der Waals surface area contributed by atoms with Crippen molar-refractivity contribution in [1.82, 2.24) is 0 Å². The standard InChI is InChI=1S/C24H20ClN3O5S2/c1-33-19-11-9-17(10-12-19)26-22(29)15-21-23(30)28(18-5-3-2-4-6-18)24(34-21)27-35(31,32)20-13-7-16(25)8-14-20/h2-14,21H,15H2,1H3,(H,26,29)/t21-/m0/s1. The van der Waals surface area contributed by atoms with E-state index in [4.69, 9.17) is 16.3 Å². The number of sulfonamides is 1. The van der Waals surface area contributed by atoms with E-state index in [1.54, 1.807) is 61.7 Å². The first-order valence-corrected chi connectivity index (χ1v) is 13.1. The van der Waals surface area contributed by atoms with Gasteiger partial charge in [0.05, 0.1) is 17.7 Å². The third-order valence-electron chi connectivity index (χ3n) is 5.00. The van der Waals surface area contributed by atoms with Gasteiger partial charge in [0.2, 0.25) is 11.8 Å². The summed E-state index contributed by atoms with van der Waals surface area (Å²) in [6, 6.07) is 20.9. The van der Waals surface area contributed by atoms with Gasteiger partial charge >= 0.3 is 0 Å². The normalized spacial score (nSPS) is 17.0. The Balaban J connectivity index is 1.59. The maximum absolute atomic E-state index is 13.3. The molecule has 0 unspecified atom stereocenters. The molecule has 0 spiro atoms. The number of hydrogen-bond donors (Lipinski definition) is 1. The number of nitrogens with zero attached hydrogens (tertiary/aromatic N) is 2. The van der Waals surface area contributed by atoms with Crippen LogP contribution in [0.1, 0.15) is 6.42 Å². The largest absolute Gasteiger partial charge is 0.497 e. The lowest BCUT2D eigenvalue weighted by molar-refractivity contribution is -0.121. The molecule has 1 fully saturated rings. The predicted octanol–water partition coefficient (Wildman–Crippen LogP) is 4.57. The highest BCUT2D eigenvalue weighted by Crippen LogP contribution is 2.35. The molecule has 35 heavy (non-hydrogen) atoms. The molecule has 1 aliphatic heterocycles. The summed E-state index contributed by atoms with van der Waals surface area (Å²) in [6.07, 6.45) is -0.168. The summed E-state index contributed by atoms with van der Waals surface area (Å²) in [5.74, 6) is -0.183. The molecule has 2 amide bonds. The molecular weight excluding hydrogens is 510 g/mol. The van der Waals surface area contributed by atoms with E-state index < -0.39 is 27.1 Å². The van der Waals surface area contributed by atoms with E-state index in [9.17, 15) is 18.0 Å². The number of amides is 2. The van der Waals surface area contributed by atoms with Crippen molar-refractivity contribution in [2.45, 2.75) is 16.6 Å². The van der Waals surface area contributed by atoms with Crippen molar-refractivity contribution in [2.75, 3.05) is 17.3 Å². The van der Waals surface area contributed by atoms with E-state index in [0.29, 0.717) is 22.1 Å². The molecule has 11 heteroatoms. The minimum absolute atomic E-state index is 0.0293. The zero-order valence-corrected chi connectivity index (χ0v) is 20.8. The summed E-state index contributed by atoms with van der Waals surface area (Å²) in [6.45, 7) is 0. The van der Waals surface area contributed by atoms with Crippen LogP contribution in [-0.4, -0.2) is 37.8 Å². The van der Waals surface area contributed by atoms with E-state index in [1.807, 2.05) is 0 Å². The number of carbonyl (C=O) groups excluding carboxylic acids is 2. The quantitative estimate of drug-likeness (QED) is 0.480. The van der Waals surface area contributed by atoms with Gasteiger partial charge in [-0.05, 0) is 60.7 Å². The second-order valence-electron chi connectivity index (χ2n) is 7.40. The molecule has 0 saturated carbocycles. The number of ether oxygens (including phenoxy) is 1. The molecule has 3 aromatic carbocycles. The second kappa shape index (κ2) is 10.5. The Hall–Kier alpha value is -3.34. The zero-order valence-electron chi connectivity index (χ0n) is 18.4. The lowest BCUT2D eigenvalue weighted by Gasteiger charge is -2.16. The molecule has 3 aromatic rings. The highest BCUT2D eigenvalue weighted by atomic mass is 35.5. The van der Waals surface area contributed by atoms with Crippen LogP contribution in [0, 0.1) is 0 Å². The Bertz CT molecular complexity index is 1360. The summed E-state index contributed by atoms with van der Waals surface area (Å²) >= 11 is 6.79. The van der Waals surface area contributed by atoms with Gasteiger partial charge in [0.25, 0.3) is 10.0 Å². The van der Waals surface area contributed by atoms with E-state index in [-0.39, 0.29) is 16.5 Å². The first-order valence-electron chi connectivity index (χ1n) is 10.4. The Labute approximate surface area is 212 Å². The Kier molecular flexibility index (Phi) is 7.44. The van der Waals surface area contributed by atoms with Crippen molar-refractivity contribution in [3.8, 4) is 5.75 Å². The number of carbonyl (C=O) groups is 2. The van der Waals surface area contributed by atoms with Crippen LogP contribution in [0.25, 0.3) is 0 Å². The summed E-state index contributed by atoms with van der Waals surface area (Å²) < 4.78 is 34.9. The van der Waals surface area contributed by atoms with Crippen LogP contribution in [0.3, 0.4) is 0 Å². The van der Waals surface area contributed by atoms with Crippen LogP contribution in [0.2, 0.25) is 5.02 Å². The Morgan fingerprint density at radius 3 is 2.34 bits per heavy atom. The van der Waals surface area contributed by atoms with E-state index in [2.05, 4.69) is 9.71 Å². The summed E-state index contributed by atoms with van der Waals surface area (Å²) in [4.78, 5) is 27.1. The molecular formula is C24H20ClN3O5S2. The number of methoxy groups -OCH3 is 1. The highest BCUT2D eigenvalue weighted by Gasteiger charge is 2.41. The van der Waals surface area contributed by atoms with Gasteiger partial charge in [-0.3, -0.25) is 14.5 Å². The van der Waals surface area contributed by atoms with Crippen LogP contribution in [-0.2, 0) is 19.6 Å². The lowest BCUT2D eigenvalue weighted by Crippen LogP contribution is -2.33. The highest BCUT2D eigenvalue weighted by molar-refractivity contribution is 8.16. The van der Waals surface area contributed by atoms with Crippen molar-refractivity contribution < 1.29 is 22.7 Å². The number of hydrogen-bond acceptors (Lipinski definition) is 6. The molecule has 1 N–H and O–H groups in total. The number of benzene rings is 3. The summed E-state index contributed by atoms with van der Waals surface area (Å²) in [7, 11) is -2.59. The van der Waals surface area contributed by atoms with Crippen LogP contribution >= 0.6 is 23.4 Å². The number of anilines is 2. The zero-order chi connectivity index (χ0) is 25.0. The number of para-hydroxylation sites is 1. The third kappa shape index (κ3) is 5.84. The number of amidine groups is 1. The van der Waals surface area contributed by atoms with Crippen molar-refractivity contribution >= 4 is 61.7 Å². The summed E-state index contributed by atoms with van der Waals surface area (Å²) in [5, 5.41) is 2.24. The average Bonchev–Trinajstić information content (AvgIpc) is 3.13. The minimum Gasteiger partial charge on any atom is -0.497 e. The molecule has 4 rings (SSSR count). The van der Waals surface area contributed by atoms with Crippen molar-refractivity contribution in [3.05, 3.63) is 83.9 Å². The van der Waals surface area contributed by atoms with Gasteiger partial charge in [0, 0.05) is 17.1 Å². The minimum atomic E-state index is -4.13. The fourth-order valence-corrected chi connectivity index (χ4v) is 5.75. The molecule has 1 saturated heterocycles. The first kappa shape index (κ1) is 24.8. The maximum Gasteiger partial charge on any atom is 0.284 e.